The molecule has 4 nitrogen and oxygen atoms in total. The number of pyridine rings is 1. The standard InChI is InChI=1S/C10H13N3O/c1-2-3-9(11)7-4-8(10(12)14)6-13-5-7/h2,4-6,9H,1,3,11H2,(H2,12,14)/t9-/m0/s1. The molecule has 0 aromatic carbocycles. The maximum Gasteiger partial charge on any atom is 0.250 e. The van der Waals surface area contributed by atoms with Gasteiger partial charge in [0.1, 0.15) is 0 Å². The second-order valence-electron chi connectivity index (χ2n) is 3.00. The van der Waals surface area contributed by atoms with Crippen molar-refractivity contribution in [3.8, 4) is 0 Å². The van der Waals surface area contributed by atoms with Crippen LogP contribution in [0.2, 0.25) is 0 Å². The van der Waals surface area contributed by atoms with Crippen molar-refractivity contribution in [3.63, 3.8) is 0 Å². The lowest BCUT2D eigenvalue weighted by Crippen LogP contribution is -2.14. The molecule has 4 heteroatoms. The molecule has 0 aliphatic heterocycles. The third kappa shape index (κ3) is 2.40. The Morgan fingerprint density at radius 3 is 2.93 bits per heavy atom. The molecular weight excluding hydrogens is 178 g/mol. The number of hydrogen-bond donors (Lipinski definition) is 2. The number of nitrogens with two attached hydrogens (primary N) is 2. The minimum atomic E-state index is -0.495. The van der Waals surface area contributed by atoms with Crippen molar-refractivity contribution in [1.82, 2.24) is 4.98 Å². The second-order valence-corrected chi connectivity index (χ2v) is 3.00. The summed E-state index contributed by atoms with van der Waals surface area (Å²) in [5, 5.41) is 0. The van der Waals surface area contributed by atoms with Crippen molar-refractivity contribution in [2.24, 2.45) is 11.5 Å². The van der Waals surface area contributed by atoms with E-state index in [1.54, 1.807) is 18.3 Å². The van der Waals surface area contributed by atoms with Gasteiger partial charge in [-0.15, -0.1) is 6.58 Å². The number of carbonyl (C=O) groups excluding carboxylic acids is 1. The molecule has 1 atom stereocenters. The molecular formula is C10H13N3O. The summed E-state index contributed by atoms with van der Waals surface area (Å²) in [7, 11) is 0. The van der Waals surface area contributed by atoms with Crippen LogP contribution in [-0.4, -0.2) is 10.9 Å². The van der Waals surface area contributed by atoms with E-state index in [2.05, 4.69) is 11.6 Å². The van der Waals surface area contributed by atoms with E-state index >= 15 is 0 Å². The maximum absolute atomic E-state index is 10.9. The molecule has 1 rings (SSSR count). The van der Waals surface area contributed by atoms with Gasteiger partial charge in [-0.25, -0.2) is 0 Å². The summed E-state index contributed by atoms with van der Waals surface area (Å²) in [5.74, 6) is -0.495. The molecule has 1 aromatic rings. The second kappa shape index (κ2) is 4.53. The molecule has 1 amide bonds. The van der Waals surface area contributed by atoms with Gasteiger partial charge in [-0.2, -0.15) is 0 Å². The number of primary amides is 1. The summed E-state index contributed by atoms with van der Waals surface area (Å²) in [6.07, 6.45) is 5.42. The summed E-state index contributed by atoms with van der Waals surface area (Å²) in [5.41, 5.74) is 12.1. The van der Waals surface area contributed by atoms with Gasteiger partial charge in [0.05, 0.1) is 5.56 Å². The number of amides is 1. The lowest BCUT2D eigenvalue weighted by Gasteiger charge is -2.09. The van der Waals surface area contributed by atoms with Gasteiger partial charge in [0.15, 0.2) is 0 Å². The van der Waals surface area contributed by atoms with Crippen molar-refractivity contribution in [2.75, 3.05) is 0 Å². The van der Waals surface area contributed by atoms with E-state index in [-0.39, 0.29) is 6.04 Å². The van der Waals surface area contributed by atoms with E-state index in [1.807, 2.05) is 0 Å². The highest BCUT2D eigenvalue weighted by atomic mass is 16.1. The molecule has 0 saturated heterocycles. The molecule has 0 saturated carbocycles. The van der Waals surface area contributed by atoms with E-state index in [0.717, 1.165) is 5.56 Å². The zero-order valence-electron chi connectivity index (χ0n) is 7.81. The van der Waals surface area contributed by atoms with Gasteiger partial charge in [0.2, 0.25) is 5.91 Å². The van der Waals surface area contributed by atoms with Gasteiger partial charge in [0.25, 0.3) is 0 Å². The van der Waals surface area contributed by atoms with Crippen molar-refractivity contribution in [1.29, 1.82) is 0 Å². The zero-order chi connectivity index (χ0) is 10.6. The fourth-order valence-electron chi connectivity index (χ4n) is 1.11. The average molecular weight is 191 g/mol. The summed E-state index contributed by atoms with van der Waals surface area (Å²) in [4.78, 5) is 14.7. The van der Waals surface area contributed by atoms with Gasteiger partial charge in [0, 0.05) is 18.4 Å². The Bertz CT molecular complexity index is 349. The fraction of sp³-hybridized carbons (Fsp3) is 0.200. The predicted molar refractivity (Wildman–Crippen MR) is 54.5 cm³/mol. The smallest absolute Gasteiger partial charge is 0.250 e. The first-order chi connectivity index (χ1) is 6.65. The summed E-state index contributed by atoms with van der Waals surface area (Å²) in [6.45, 7) is 3.59. The summed E-state index contributed by atoms with van der Waals surface area (Å²) < 4.78 is 0. The molecule has 1 heterocycles. The van der Waals surface area contributed by atoms with Gasteiger partial charge in [-0.3, -0.25) is 9.78 Å². The largest absolute Gasteiger partial charge is 0.366 e. The molecule has 0 bridgehead atoms. The Kier molecular flexibility index (Phi) is 3.36. The number of carbonyl (C=O) groups is 1. The van der Waals surface area contributed by atoms with Crippen LogP contribution in [0.1, 0.15) is 28.4 Å². The van der Waals surface area contributed by atoms with Crippen LogP contribution in [0.25, 0.3) is 0 Å². The molecule has 0 spiro atoms. The molecule has 1 aromatic heterocycles. The number of hydrogen-bond acceptors (Lipinski definition) is 3. The highest BCUT2D eigenvalue weighted by Crippen LogP contribution is 2.14. The van der Waals surface area contributed by atoms with E-state index in [4.69, 9.17) is 11.5 Å². The predicted octanol–water partition coefficient (Wildman–Crippen LogP) is 0.756. The van der Waals surface area contributed by atoms with E-state index in [0.29, 0.717) is 12.0 Å². The van der Waals surface area contributed by atoms with Gasteiger partial charge in [-0.05, 0) is 18.1 Å². The molecule has 0 unspecified atom stereocenters. The van der Waals surface area contributed by atoms with Crippen LogP contribution in [0, 0.1) is 0 Å². The third-order valence-corrected chi connectivity index (χ3v) is 1.89. The van der Waals surface area contributed by atoms with Crippen LogP contribution in [0.5, 0.6) is 0 Å². The summed E-state index contributed by atoms with van der Waals surface area (Å²) in [6, 6.07) is 1.48. The number of rotatable bonds is 4. The molecule has 0 fully saturated rings. The van der Waals surface area contributed by atoms with Gasteiger partial charge in [-0.1, -0.05) is 6.08 Å². The fourth-order valence-corrected chi connectivity index (χ4v) is 1.11. The molecule has 0 radical (unpaired) electrons. The van der Waals surface area contributed by atoms with Crippen LogP contribution in [0.15, 0.2) is 31.1 Å². The monoisotopic (exact) mass is 191 g/mol. The Labute approximate surface area is 82.6 Å². The van der Waals surface area contributed by atoms with Crippen molar-refractivity contribution >= 4 is 5.91 Å². The molecule has 0 aliphatic carbocycles. The van der Waals surface area contributed by atoms with Crippen LogP contribution in [0.4, 0.5) is 0 Å². The summed E-state index contributed by atoms with van der Waals surface area (Å²) >= 11 is 0. The first-order valence-electron chi connectivity index (χ1n) is 4.26. The molecule has 0 aliphatic rings. The lowest BCUT2D eigenvalue weighted by molar-refractivity contribution is 0.1000. The highest BCUT2D eigenvalue weighted by Gasteiger charge is 2.07. The van der Waals surface area contributed by atoms with Crippen molar-refractivity contribution < 1.29 is 4.79 Å². The normalized spacial score (nSPS) is 12.1. The Morgan fingerprint density at radius 1 is 1.64 bits per heavy atom. The average Bonchev–Trinajstić information content (AvgIpc) is 2.18. The van der Waals surface area contributed by atoms with Crippen LogP contribution in [0.3, 0.4) is 0 Å². The Balaban J connectivity index is 2.93. The van der Waals surface area contributed by atoms with Gasteiger partial charge < -0.3 is 11.5 Å². The molecule has 14 heavy (non-hydrogen) atoms. The van der Waals surface area contributed by atoms with E-state index < -0.39 is 5.91 Å². The Morgan fingerprint density at radius 2 is 2.36 bits per heavy atom. The minimum Gasteiger partial charge on any atom is -0.366 e. The van der Waals surface area contributed by atoms with Crippen molar-refractivity contribution in [2.45, 2.75) is 12.5 Å². The van der Waals surface area contributed by atoms with E-state index in [1.165, 1.54) is 6.20 Å². The SMILES string of the molecule is C=CC[C@H](N)c1cncc(C(N)=O)c1. The van der Waals surface area contributed by atoms with Gasteiger partial charge >= 0.3 is 0 Å². The third-order valence-electron chi connectivity index (χ3n) is 1.89. The highest BCUT2D eigenvalue weighted by molar-refractivity contribution is 5.92. The van der Waals surface area contributed by atoms with Crippen molar-refractivity contribution in [3.05, 3.63) is 42.2 Å². The Hall–Kier alpha value is -1.68. The topological polar surface area (TPSA) is 82.0 Å². The zero-order valence-corrected chi connectivity index (χ0v) is 7.81. The van der Waals surface area contributed by atoms with Crippen LogP contribution < -0.4 is 11.5 Å². The van der Waals surface area contributed by atoms with Crippen LogP contribution in [-0.2, 0) is 0 Å². The number of aromatic nitrogens is 1. The first kappa shape index (κ1) is 10.4. The molecule has 4 N–H and O–H groups in total. The van der Waals surface area contributed by atoms with E-state index in [9.17, 15) is 4.79 Å². The number of nitrogens with zero attached hydrogens (tertiary/aromatic N) is 1. The van der Waals surface area contributed by atoms with Crippen LogP contribution >= 0.6 is 0 Å². The minimum absolute atomic E-state index is 0.181. The maximum atomic E-state index is 10.9. The molecule has 74 valence electrons. The lowest BCUT2D eigenvalue weighted by atomic mass is 10.1. The quantitative estimate of drug-likeness (QED) is 0.689. The first-order valence-corrected chi connectivity index (χ1v) is 4.26.